The smallest absolute Gasteiger partial charge is 0.347 e. The minimum absolute atomic E-state index is 0.185. The van der Waals surface area contributed by atoms with Crippen LogP contribution in [0.5, 0.6) is 0 Å². The molecule has 16 heavy (non-hydrogen) atoms. The van der Waals surface area contributed by atoms with Crippen LogP contribution in [0.25, 0.3) is 0 Å². The van der Waals surface area contributed by atoms with Crippen LogP contribution in [0.2, 0.25) is 0 Å². The van der Waals surface area contributed by atoms with Gasteiger partial charge in [-0.15, -0.1) is 0 Å². The Bertz CT molecular complexity index is 276. The molecule has 2 amide bonds. The van der Waals surface area contributed by atoms with E-state index in [0.29, 0.717) is 13.1 Å². The number of carbonyl (C=O) groups excluding carboxylic acids is 2. The van der Waals surface area contributed by atoms with Gasteiger partial charge >= 0.3 is 6.18 Å². The molecule has 0 aromatic carbocycles. The number of hydrogen-bond donors (Lipinski definition) is 3. The van der Waals surface area contributed by atoms with Gasteiger partial charge in [0.25, 0.3) is 0 Å². The molecule has 0 aromatic heterocycles. The van der Waals surface area contributed by atoms with Crippen LogP contribution in [-0.2, 0) is 9.59 Å². The lowest BCUT2D eigenvalue weighted by Crippen LogP contribution is -2.52. The summed E-state index contributed by atoms with van der Waals surface area (Å²) >= 11 is 0. The standard InChI is InChI=1S/C8H12F3N3O2/c9-8(10,11)4-14-6(15)3-13-7(16)5-1-12-2-5/h5,12H,1-4H2,(H,13,16)(H,14,15). The first kappa shape index (κ1) is 12.8. The predicted octanol–water partition coefficient (Wildman–Crippen LogP) is -0.999. The first-order valence-electron chi connectivity index (χ1n) is 4.70. The Kier molecular flexibility index (Phi) is 4.11. The Balaban J connectivity index is 2.12. The van der Waals surface area contributed by atoms with Crippen LogP contribution in [0.4, 0.5) is 13.2 Å². The van der Waals surface area contributed by atoms with E-state index in [4.69, 9.17) is 0 Å². The first-order chi connectivity index (χ1) is 7.38. The molecule has 1 aliphatic rings. The van der Waals surface area contributed by atoms with Gasteiger partial charge in [-0.1, -0.05) is 0 Å². The van der Waals surface area contributed by atoms with Gasteiger partial charge in [-0.25, -0.2) is 0 Å². The van der Waals surface area contributed by atoms with E-state index in [1.54, 1.807) is 5.32 Å². The molecule has 0 unspecified atom stereocenters. The first-order valence-corrected chi connectivity index (χ1v) is 4.70. The summed E-state index contributed by atoms with van der Waals surface area (Å²) in [6, 6.07) is 0. The molecule has 92 valence electrons. The van der Waals surface area contributed by atoms with Crippen molar-refractivity contribution in [3.05, 3.63) is 0 Å². The zero-order valence-corrected chi connectivity index (χ0v) is 8.36. The van der Waals surface area contributed by atoms with Crippen molar-refractivity contribution in [1.82, 2.24) is 16.0 Å². The molecule has 0 saturated carbocycles. The maximum Gasteiger partial charge on any atom is 0.405 e. The van der Waals surface area contributed by atoms with Gasteiger partial charge in [0.15, 0.2) is 0 Å². The zero-order valence-electron chi connectivity index (χ0n) is 8.36. The van der Waals surface area contributed by atoms with Crippen LogP contribution in [0.1, 0.15) is 0 Å². The lowest BCUT2D eigenvalue weighted by atomic mass is 10.0. The second kappa shape index (κ2) is 5.15. The molecule has 1 fully saturated rings. The molecule has 1 rings (SSSR count). The average Bonchev–Trinajstić information content (AvgIpc) is 2.07. The number of amides is 2. The molecule has 0 aliphatic carbocycles. The maximum absolute atomic E-state index is 11.7. The molecule has 0 aromatic rings. The summed E-state index contributed by atoms with van der Waals surface area (Å²) in [6.45, 7) is -0.732. The Labute approximate surface area is 89.8 Å². The van der Waals surface area contributed by atoms with Crippen LogP contribution in [0.15, 0.2) is 0 Å². The summed E-state index contributed by atoms with van der Waals surface area (Å²) < 4.78 is 35.1. The fourth-order valence-corrected chi connectivity index (χ4v) is 1.05. The summed E-state index contributed by atoms with van der Waals surface area (Å²) in [4.78, 5) is 22.1. The molecule has 3 N–H and O–H groups in total. The van der Waals surface area contributed by atoms with E-state index in [1.165, 1.54) is 0 Å². The quantitative estimate of drug-likeness (QED) is 0.589. The molecular formula is C8H12F3N3O2. The normalized spacial score (nSPS) is 16.4. The van der Waals surface area contributed by atoms with Crippen molar-refractivity contribution in [2.24, 2.45) is 5.92 Å². The summed E-state index contributed by atoms with van der Waals surface area (Å²) in [7, 11) is 0. The second-order valence-electron chi connectivity index (χ2n) is 3.46. The van der Waals surface area contributed by atoms with Crippen molar-refractivity contribution in [2.45, 2.75) is 6.18 Å². The van der Waals surface area contributed by atoms with Gasteiger partial charge in [-0.3, -0.25) is 9.59 Å². The second-order valence-corrected chi connectivity index (χ2v) is 3.46. The highest BCUT2D eigenvalue weighted by molar-refractivity contribution is 5.86. The summed E-state index contributed by atoms with van der Waals surface area (Å²) in [6.07, 6.45) is -4.43. The Hall–Kier alpha value is -1.31. The third-order valence-electron chi connectivity index (χ3n) is 2.06. The zero-order chi connectivity index (χ0) is 12.2. The highest BCUT2D eigenvalue weighted by Gasteiger charge is 2.28. The maximum atomic E-state index is 11.7. The van der Waals surface area contributed by atoms with E-state index in [1.807, 2.05) is 0 Å². The van der Waals surface area contributed by atoms with Gasteiger partial charge in [-0.05, 0) is 0 Å². The fraction of sp³-hybridized carbons (Fsp3) is 0.750. The molecule has 0 radical (unpaired) electrons. The van der Waals surface area contributed by atoms with Gasteiger partial charge < -0.3 is 16.0 Å². The molecule has 0 bridgehead atoms. The van der Waals surface area contributed by atoms with Crippen molar-refractivity contribution < 1.29 is 22.8 Å². The van der Waals surface area contributed by atoms with Crippen molar-refractivity contribution in [2.75, 3.05) is 26.2 Å². The largest absolute Gasteiger partial charge is 0.405 e. The Morgan fingerprint density at radius 2 is 1.88 bits per heavy atom. The SMILES string of the molecule is O=C(CNC(=O)C1CNC1)NCC(F)(F)F. The predicted molar refractivity (Wildman–Crippen MR) is 48.4 cm³/mol. The van der Waals surface area contributed by atoms with Crippen LogP contribution in [0, 0.1) is 5.92 Å². The van der Waals surface area contributed by atoms with Crippen LogP contribution >= 0.6 is 0 Å². The van der Waals surface area contributed by atoms with Gasteiger partial charge in [0.05, 0.1) is 12.5 Å². The lowest BCUT2D eigenvalue weighted by Gasteiger charge is -2.25. The molecule has 0 spiro atoms. The number of alkyl halides is 3. The summed E-state index contributed by atoms with van der Waals surface area (Å²) in [5, 5.41) is 6.79. The number of nitrogens with one attached hydrogen (secondary N) is 3. The molecule has 1 heterocycles. The molecule has 1 saturated heterocycles. The highest BCUT2D eigenvalue weighted by Crippen LogP contribution is 2.11. The Morgan fingerprint density at radius 1 is 1.25 bits per heavy atom. The van der Waals surface area contributed by atoms with E-state index in [2.05, 4.69) is 10.6 Å². The highest BCUT2D eigenvalue weighted by atomic mass is 19.4. The van der Waals surface area contributed by atoms with E-state index < -0.39 is 25.2 Å². The summed E-state index contributed by atoms with van der Waals surface area (Å²) in [5.41, 5.74) is 0. The van der Waals surface area contributed by atoms with Gasteiger partial charge in [0.1, 0.15) is 6.54 Å². The third-order valence-corrected chi connectivity index (χ3v) is 2.06. The summed E-state index contributed by atoms with van der Waals surface area (Å²) in [5.74, 6) is -1.35. The van der Waals surface area contributed by atoms with E-state index in [9.17, 15) is 22.8 Å². The third kappa shape index (κ3) is 4.47. The molecule has 5 nitrogen and oxygen atoms in total. The number of hydrogen-bond acceptors (Lipinski definition) is 3. The molecular weight excluding hydrogens is 227 g/mol. The Morgan fingerprint density at radius 3 is 2.31 bits per heavy atom. The monoisotopic (exact) mass is 239 g/mol. The minimum Gasteiger partial charge on any atom is -0.347 e. The topological polar surface area (TPSA) is 70.2 Å². The van der Waals surface area contributed by atoms with Crippen molar-refractivity contribution in [1.29, 1.82) is 0 Å². The van der Waals surface area contributed by atoms with Crippen LogP contribution < -0.4 is 16.0 Å². The number of rotatable bonds is 4. The van der Waals surface area contributed by atoms with Gasteiger partial charge in [0.2, 0.25) is 11.8 Å². The molecule has 0 atom stereocenters. The van der Waals surface area contributed by atoms with E-state index in [0.717, 1.165) is 0 Å². The van der Waals surface area contributed by atoms with Crippen molar-refractivity contribution in [3.8, 4) is 0 Å². The van der Waals surface area contributed by atoms with Crippen molar-refractivity contribution in [3.63, 3.8) is 0 Å². The van der Waals surface area contributed by atoms with Gasteiger partial charge in [-0.2, -0.15) is 13.2 Å². The minimum atomic E-state index is -4.43. The number of carbonyl (C=O) groups is 2. The van der Waals surface area contributed by atoms with Crippen LogP contribution in [-0.4, -0.2) is 44.2 Å². The van der Waals surface area contributed by atoms with E-state index in [-0.39, 0.29) is 11.8 Å². The van der Waals surface area contributed by atoms with Crippen molar-refractivity contribution >= 4 is 11.8 Å². The van der Waals surface area contributed by atoms with Gasteiger partial charge in [0, 0.05) is 13.1 Å². The van der Waals surface area contributed by atoms with E-state index >= 15 is 0 Å². The number of halogens is 3. The van der Waals surface area contributed by atoms with Crippen LogP contribution in [0.3, 0.4) is 0 Å². The lowest BCUT2D eigenvalue weighted by molar-refractivity contribution is -0.138. The fourth-order valence-electron chi connectivity index (χ4n) is 1.05. The molecule has 8 heteroatoms. The molecule has 1 aliphatic heterocycles. The average molecular weight is 239 g/mol.